The molecule has 0 atom stereocenters. The minimum atomic E-state index is -4.32. The zero-order valence-corrected chi connectivity index (χ0v) is 11.4. The molecule has 0 amide bonds. The molecule has 0 unspecified atom stereocenters. The monoisotopic (exact) mass is 310 g/mol. The summed E-state index contributed by atoms with van der Waals surface area (Å²) in [6.07, 6.45) is -4.32. The van der Waals surface area contributed by atoms with Gasteiger partial charge in [-0.25, -0.2) is 0 Å². The smallest absolute Gasteiger partial charge is 0.422 e. The molecular weight excluding hydrogens is 297 g/mol. The molecule has 0 aliphatic carbocycles. The van der Waals surface area contributed by atoms with E-state index in [2.05, 4.69) is 15.9 Å². The normalized spacial score (nSPS) is 12.6. The molecule has 96 valence electrons. The number of ether oxygens (including phenoxy) is 1. The predicted molar refractivity (Wildman–Crippen MR) is 64.4 cm³/mol. The van der Waals surface area contributed by atoms with Gasteiger partial charge in [-0.3, -0.25) is 0 Å². The summed E-state index contributed by atoms with van der Waals surface area (Å²) in [5, 5.41) is 0. The lowest BCUT2D eigenvalue weighted by Gasteiger charge is -2.23. The van der Waals surface area contributed by atoms with Gasteiger partial charge in [0.1, 0.15) is 5.75 Å². The molecule has 0 heterocycles. The van der Waals surface area contributed by atoms with Crippen LogP contribution in [0.5, 0.6) is 5.75 Å². The predicted octanol–water partition coefficient (Wildman–Crippen LogP) is 4.69. The van der Waals surface area contributed by atoms with Gasteiger partial charge in [0.05, 0.1) is 0 Å². The summed E-state index contributed by atoms with van der Waals surface area (Å²) >= 11 is 3.30. The molecule has 0 N–H and O–H groups in total. The van der Waals surface area contributed by atoms with E-state index in [4.69, 9.17) is 4.74 Å². The topological polar surface area (TPSA) is 9.23 Å². The lowest BCUT2D eigenvalue weighted by molar-refractivity contribution is -0.153. The summed E-state index contributed by atoms with van der Waals surface area (Å²) in [4.78, 5) is 0. The molecule has 0 radical (unpaired) electrons. The van der Waals surface area contributed by atoms with Gasteiger partial charge < -0.3 is 4.74 Å². The average molecular weight is 311 g/mol. The number of benzene rings is 1. The third-order valence-electron chi connectivity index (χ3n) is 2.14. The van der Waals surface area contributed by atoms with Gasteiger partial charge >= 0.3 is 6.18 Å². The van der Waals surface area contributed by atoms with Gasteiger partial charge in [-0.15, -0.1) is 0 Å². The van der Waals surface area contributed by atoms with Crippen molar-refractivity contribution in [2.24, 2.45) is 0 Å². The molecule has 0 fully saturated rings. The Kier molecular flexibility index (Phi) is 4.12. The Bertz CT molecular complexity index is 394. The van der Waals surface area contributed by atoms with Gasteiger partial charge in [0.15, 0.2) is 6.61 Å². The summed E-state index contributed by atoms with van der Waals surface area (Å²) in [5.74, 6) is 0.276. The second-order valence-electron chi connectivity index (χ2n) is 4.79. The second-order valence-corrected chi connectivity index (χ2v) is 5.71. The Hall–Kier alpha value is -0.710. The van der Waals surface area contributed by atoms with Crippen molar-refractivity contribution in [2.45, 2.75) is 32.4 Å². The lowest BCUT2D eigenvalue weighted by atomic mass is 9.86. The van der Waals surface area contributed by atoms with Gasteiger partial charge in [-0.05, 0) is 23.6 Å². The molecule has 1 aromatic carbocycles. The Balaban J connectivity index is 2.99. The number of hydrogen-bond acceptors (Lipinski definition) is 1. The van der Waals surface area contributed by atoms with E-state index in [0.29, 0.717) is 0 Å². The highest BCUT2D eigenvalue weighted by molar-refractivity contribution is 9.10. The van der Waals surface area contributed by atoms with Crippen molar-refractivity contribution in [1.29, 1.82) is 0 Å². The van der Waals surface area contributed by atoms with E-state index in [0.717, 1.165) is 10.0 Å². The highest BCUT2D eigenvalue weighted by atomic mass is 79.9. The molecule has 1 rings (SSSR count). The van der Waals surface area contributed by atoms with E-state index < -0.39 is 12.8 Å². The zero-order valence-electron chi connectivity index (χ0n) is 9.86. The van der Waals surface area contributed by atoms with Crippen LogP contribution in [0.4, 0.5) is 13.2 Å². The maximum absolute atomic E-state index is 12.1. The van der Waals surface area contributed by atoms with Crippen LogP contribution in [-0.4, -0.2) is 12.8 Å². The standard InChI is InChI=1S/C12H14BrF3O/c1-11(2,3)9-6-8(13)4-5-10(9)17-7-12(14,15)16/h4-6H,7H2,1-3H3. The Morgan fingerprint density at radius 2 is 1.76 bits per heavy atom. The minimum absolute atomic E-state index is 0.273. The molecule has 0 saturated heterocycles. The van der Waals surface area contributed by atoms with E-state index >= 15 is 0 Å². The molecule has 0 aromatic heterocycles. The Morgan fingerprint density at radius 1 is 1.18 bits per heavy atom. The number of halogens is 4. The zero-order chi connectivity index (χ0) is 13.3. The molecule has 17 heavy (non-hydrogen) atoms. The summed E-state index contributed by atoms with van der Waals surface area (Å²) in [6.45, 7) is 4.51. The van der Waals surface area contributed by atoms with Crippen molar-refractivity contribution in [3.63, 3.8) is 0 Å². The van der Waals surface area contributed by atoms with Crippen LogP contribution in [-0.2, 0) is 5.41 Å². The van der Waals surface area contributed by atoms with Gasteiger partial charge in [-0.1, -0.05) is 36.7 Å². The van der Waals surface area contributed by atoms with E-state index in [1.165, 1.54) is 0 Å². The third-order valence-corrected chi connectivity index (χ3v) is 2.63. The van der Waals surface area contributed by atoms with Crippen LogP contribution in [0.3, 0.4) is 0 Å². The van der Waals surface area contributed by atoms with Gasteiger partial charge in [0, 0.05) is 10.0 Å². The highest BCUT2D eigenvalue weighted by Gasteiger charge is 2.29. The Labute approximate surface area is 107 Å². The summed E-state index contributed by atoms with van der Waals surface area (Å²) in [7, 11) is 0. The number of hydrogen-bond donors (Lipinski definition) is 0. The van der Waals surface area contributed by atoms with Crippen molar-refractivity contribution in [2.75, 3.05) is 6.61 Å². The van der Waals surface area contributed by atoms with Crippen molar-refractivity contribution >= 4 is 15.9 Å². The lowest BCUT2D eigenvalue weighted by Crippen LogP contribution is -2.21. The van der Waals surface area contributed by atoms with Crippen LogP contribution < -0.4 is 4.74 Å². The second kappa shape index (κ2) is 4.88. The van der Waals surface area contributed by atoms with Crippen LogP contribution in [0.15, 0.2) is 22.7 Å². The highest BCUT2D eigenvalue weighted by Crippen LogP contribution is 2.34. The first-order valence-corrected chi connectivity index (χ1v) is 5.88. The maximum atomic E-state index is 12.1. The Morgan fingerprint density at radius 3 is 2.24 bits per heavy atom. The molecule has 5 heteroatoms. The first-order chi connectivity index (χ1) is 7.59. The van der Waals surface area contributed by atoms with E-state index in [1.54, 1.807) is 18.2 Å². The van der Waals surface area contributed by atoms with E-state index in [1.807, 2.05) is 20.8 Å². The molecule has 0 spiro atoms. The fourth-order valence-electron chi connectivity index (χ4n) is 1.37. The molecule has 0 saturated carbocycles. The number of rotatable bonds is 2. The van der Waals surface area contributed by atoms with E-state index in [9.17, 15) is 13.2 Å². The van der Waals surface area contributed by atoms with Gasteiger partial charge in [-0.2, -0.15) is 13.2 Å². The van der Waals surface area contributed by atoms with Crippen molar-refractivity contribution in [1.82, 2.24) is 0 Å². The van der Waals surface area contributed by atoms with Crippen molar-refractivity contribution in [3.8, 4) is 5.75 Å². The first kappa shape index (κ1) is 14.4. The largest absolute Gasteiger partial charge is 0.484 e. The SMILES string of the molecule is CC(C)(C)c1cc(Br)ccc1OCC(F)(F)F. The number of alkyl halides is 3. The quantitative estimate of drug-likeness (QED) is 0.770. The van der Waals surface area contributed by atoms with Crippen LogP contribution in [0.1, 0.15) is 26.3 Å². The van der Waals surface area contributed by atoms with Crippen LogP contribution in [0.2, 0.25) is 0 Å². The molecular formula is C12H14BrF3O. The molecule has 0 aliphatic heterocycles. The fourth-order valence-corrected chi connectivity index (χ4v) is 1.73. The summed E-state index contributed by atoms with van der Waals surface area (Å²) in [5.41, 5.74) is 0.473. The van der Waals surface area contributed by atoms with Crippen LogP contribution in [0, 0.1) is 0 Å². The van der Waals surface area contributed by atoms with Gasteiger partial charge in [0.25, 0.3) is 0 Å². The maximum Gasteiger partial charge on any atom is 0.422 e. The molecule has 1 aromatic rings. The minimum Gasteiger partial charge on any atom is -0.484 e. The third kappa shape index (κ3) is 4.58. The average Bonchev–Trinajstić information content (AvgIpc) is 2.13. The van der Waals surface area contributed by atoms with Gasteiger partial charge in [0.2, 0.25) is 0 Å². The van der Waals surface area contributed by atoms with E-state index in [-0.39, 0.29) is 11.2 Å². The fraction of sp³-hybridized carbons (Fsp3) is 0.500. The summed E-state index contributed by atoms with van der Waals surface area (Å²) < 4.78 is 42.0. The summed E-state index contributed by atoms with van der Waals surface area (Å²) in [6, 6.07) is 5.00. The van der Waals surface area contributed by atoms with Crippen LogP contribution >= 0.6 is 15.9 Å². The van der Waals surface area contributed by atoms with Crippen LogP contribution in [0.25, 0.3) is 0 Å². The molecule has 1 nitrogen and oxygen atoms in total. The van der Waals surface area contributed by atoms with Crippen molar-refractivity contribution in [3.05, 3.63) is 28.2 Å². The first-order valence-electron chi connectivity index (χ1n) is 5.09. The van der Waals surface area contributed by atoms with Crippen molar-refractivity contribution < 1.29 is 17.9 Å². The molecule has 0 bridgehead atoms. The molecule has 0 aliphatic rings.